The molecule has 1 fully saturated rings. The van der Waals surface area contributed by atoms with Crippen LogP contribution in [0.2, 0.25) is 0 Å². The molecule has 3 heterocycles. The normalized spacial score (nSPS) is 28.8. The second kappa shape index (κ2) is 3.41. The minimum absolute atomic E-state index is 0.0774. The molecule has 2 aromatic rings. The maximum absolute atomic E-state index is 6.04. The number of hydrogen-bond donors (Lipinski definition) is 0. The van der Waals surface area contributed by atoms with Gasteiger partial charge in [0.1, 0.15) is 0 Å². The minimum atomic E-state index is -0.0774. The molecular weight excluding hydrogens is 236 g/mol. The number of hydrogen-bond acceptors (Lipinski definition) is 2. The summed E-state index contributed by atoms with van der Waals surface area (Å²) >= 11 is 0. The highest BCUT2D eigenvalue weighted by atomic mass is 16.7. The van der Waals surface area contributed by atoms with Crippen molar-refractivity contribution in [3.8, 4) is 0 Å². The molecule has 0 radical (unpaired) electrons. The number of para-hydroxylation sites is 1. The SMILES string of the molecule is Cc1c2n(c3ccccc13)C[C@H]1[C@@H]2N(C)OC1(C)C. The van der Waals surface area contributed by atoms with E-state index in [9.17, 15) is 0 Å². The summed E-state index contributed by atoms with van der Waals surface area (Å²) in [5.74, 6) is 0.538. The molecule has 0 saturated carbocycles. The van der Waals surface area contributed by atoms with Crippen molar-refractivity contribution < 1.29 is 4.84 Å². The molecule has 3 nitrogen and oxygen atoms in total. The number of rotatable bonds is 0. The van der Waals surface area contributed by atoms with Gasteiger partial charge in [0.15, 0.2) is 0 Å². The Bertz CT molecular complexity index is 671. The van der Waals surface area contributed by atoms with E-state index in [-0.39, 0.29) is 5.60 Å². The zero-order valence-corrected chi connectivity index (χ0v) is 12.0. The van der Waals surface area contributed by atoms with Gasteiger partial charge in [0.05, 0.1) is 11.6 Å². The molecule has 4 rings (SSSR count). The monoisotopic (exact) mass is 256 g/mol. The lowest BCUT2D eigenvalue weighted by Crippen LogP contribution is -2.29. The lowest BCUT2D eigenvalue weighted by Gasteiger charge is -2.23. The molecule has 0 spiro atoms. The van der Waals surface area contributed by atoms with E-state index in [0.29, 0.717) is 12.0 Å². The summed E-state index contributed by atoms with van der Waals surface area (Å²) in [4.78, 5) is 6.04. The zero-order chi connectivity index (χ0) is 13.4. The Kier molecular flexibility index (Phi) is 2.06. The lowest BCUT2D eigenvalue weighted by atomic mass is 9.86. The van der Waals surface area contributed by atoms with Crippen molar-refractivity contribution in [1.29, 1.82) is 0 Å². The number of hydroxylamine groups is 2. The molecule has 0 unspecified atom stereocenters. The molecular formula is C16H20N2O. The van der Waals surface area contributed by atoms with Crippen LogP contribution in [0, 0.1) is 12.8 Å². The fraction of sp³-hybridized carbons (Fsp3) is 0.500. The summed E-state index contributed by atoms with van der Waals surface area (Å²) in [7, 11) is 2.07. The van der Waals surface area contributed by atoms with Crippen molar-refractivity contribution in [2.45, 2.75) is 39.0 Å². The van der Waals surface area contributed by atoms with Crippen LogP contribution in [0.25, 0.3) is 10.9 Å². The topological polar surface area (TPSA) is 17.4 Å². The first-order valence-electron chi connectivity index (χ1n) is 7.00. The van der Waals surface area contributed by atoms with Crippen LogP contribution in [0.15, 0.2) is 24.3 Å². The zero-order valence-electron chi connectivity index (χ0n) is 12.0. The van der Waals surface area contributed by atoms with Crippen LogP contribution >= 0.6 is 0 Å². The predicted octanol–water partition coefficient (Wildman–Crippen LogP) is 3.28. The van der Waals surface area contributed by atoms with Gasteiger partial charge in [0.2, 0.25) is 0 Å². The Balaban J connectivity index is 1.98. The van der Waals surface area contributed by atoms with E-state index in [4.69, 9.17) is 4.84 Å². The van der Waals surface area contributed by atoms with Crippen molar-refractivity contribution in [3.63, 3.8) is 0 Å². The molecule has 1 aromatic carbocycles. The van der Waals surface area contributed by atoms with Crippen molar-refractivity contribution in [2.75, 3.05) is 7.05 Å². The van der Waals surface area contributed by atoms with Crippen molar-refractivity contribution in [1.82, 2.24) is 9.63 Å². The third-order valence-corrected chi connectivity index (χ3v) is 4.98. The van der Waals surface area contributed by atoms with E-state index in [1.54, 1.807) is 0 Å². The van der Waals surface area contributed by atoms with Crippen LogP contribution in [0.1, 0.15) is 31.1 Å². The summed E-state index contributed by atoms with van der Waals surface area (Å²) in [5.41, 5.74) is 4.15. The molecule has 0 N–H and O–H groups in total. The molecule has 0 aliphatic carbocycles. The molecule has 1 saturated heterocycles. The van der Waals surface area contributed by atoms with Gasteiger partial charge in [-0.3, -0.25) is 4.84 Å². The Hall–Kier alpha value is -1.32. The van der Waals surface area contributed by atoms with Crippen LogP contribution in [0.3, 0.4) is 0 Å². The summed E-state index contributed by atoms with van der Waals surface area (Å²) in [6, 6.07) is 9.12. The van der Waals surface area contributed by atoms with E-state index in [1.165, 1.54) is 22.2 Å². The predicted molar refractivity (Wildman–Crippen MR) is 75.8 cm³/mol. The molecule has 0 bridgehead atoms. The molecule has 100 valence electrons. The van der Waals surface area contributed by atoms with Gasteiger partial charge < -0.3 is 4.57 Å². The Morgan fingerprint density at radius 2 is 2.00 bits per heavy atom. The largest absolute Gasteiger partial charge is 0.342 e. The molecule has 3 heteroatoms. The van der Waals surface area contributed by atoms with Gasteiger partial charge >= 0.3 is 0 Å². The summed E-state index contributed by atoms with van der Waals surface area (Å²) < 4.78 is 2.50. The van der Waals surface area contributed by atoms with E-state index >= 15 is 0 Å². The van der Waals surface area contributed by atoms with Crippen LogP contribution < -0.4 is 0 Å². The second-order valence-corrected chi connectivity index (χ2v) is 6.43. The van der Waals surface area contributed by atoms with Gasteiger partial charge in [0.25, 0.3) is 0 Å². The number of aromatic nitrogens is 1. The van der Waals surface area contributed by atoms with E-state index in [1.807, 2.05) is 0 Å². The van der Waals surface area contributed by atoms with E-state index in [2.05, 4.69) is 61.7 Å². The molecule has 19 heavy (non-hydrogen) atoms. The molecule has 0 amide bonds. The fourth-order valence-electron chi connectivity index (χ4n) is 4.08. The van der Waals surface area contributed by atoms with Crippen LogP contribution in [-0.4, -0.2) is 22.3 Å². The van der Waals surface area contributed by atoms with Gasteiger partial charge in [0, 0.05) is 36.1 Å². The highest BCUT2D eigenvalue weighted by molar-refractivity contribution is 5.86. The summed E-state index contributed by atoms with van der Waals surface area (Å²) in [6.07, 6.45) is 0. The second-order valence-electron chi connectivity index (χ2n) is 6.43. The van der Waals surface area contributed by atoms with Crippen LogP contribution in [0.5, 0.6) is 0 Å². The molecule has 2 aliphatic rings. The smallest absolute Gasteiger partial charge is 0.0908 e. The van der Waals surface area contributed by atoms with Gasteiger partial charge in [-0.05, 0) is 32.4 Å². The Morgan fingerprint density at radius 3 is 2.79 bits per heavy atom. The molecule has 2 atom stereocenters. The Morgan fingerprint density at radius 1 is 1.26 bits per heavy atom. The molecule has 2 aliphatic heterocycles. The fourth-order valence-corrected chi connectivity index (χ4v) is 4.08. The first-order chi connectivity index (χ1) is 9.00. The van der Waals surface area contributed by atoms with Gasteiger partial charge in [-0.15, -0.1) is 0 Å². The Labute approximate surface area is 113 Å². The number of benzene rings is 1. The van der Waals surface area contributed by atoms with Crippen molar-refractivity contribution >= 4 is 10.9 Å². The van der Waals surface area contributed by atoms with Gasteiger partial charge in [-0.1, -0.05) is 18.2 Å². The van der Waals surface area contributed by atoms with Crippen molar-refractivity contribution in [3.05, 3.63) is 35.5 Å². The standard InChI is InChI=1S/C16H20N2O/c1-10-11-7-5-6-8-13(11)18-9-12-15(14(10)18)17(4)19-16(12,2)3/h5-8,12,15H,9H2,1-4H3/t12-,15-/m0/s1. The number of aryl methyl sites for hydroxylation is 1. The average molecular weight is 256 g/mol. The average Bonchev–Trinajstić information content (AvgIpc) is 2.94. The first kappa shape index (κ1) is 11.5. The third kappa shape index (κ3) is 1.30. The van der Waals surface area contributed by atoms with E-state index < -0.39 is 0 Å². The number of nitrogens with zero attached hydrogens (tertiary/aromatic N) is 2. The first-order valence-corrected chi connectivity index (χ1v) is 7.00. The van der Waals surface area contributed by atoms with E-state index in [0.717, 1.165) is 6.54 Å². The van der Waals surface area contributed by atoms with Crippen LogP contribution in [-0.2, 0) is 11.4 Å². The van der Waals surface area contributed by atoms with Gasteiger partial charge in [-0.25, -0.2) is 0 Å². The van der Waals surface area contributed by atoms with Gasteiger partial charge in [-0.2, -0.15) is 5.06 Å². The highest BCUT2D eigenvalue weighted by Gasteiger charge is 2.53. The molecule has 1 aromatic heterocycles. The summed E-state index contributed by atoms with van der Waals surface area (Å²) in [5, 5.41) is 3.45. The van der Waals surface area contributed by atoms with Crippen molar-refractivity contribution in [2.24, 2.45) is 5.92 Å². The maximum atomic E-state index is 6.04. The quantitative estimate of drug-likeness (QED) is 0.719. The lowest BCUT2D eigenvalue weighted by molar-refractivity contribution is -0.181. The van der Waals surface area contributed by atoms with Crippen LogP contribution in [0.4, 0.5) is 0 Å². The number of fused-ring (bicyclic) bond motifs is 5. The minimum Gasteiger partial charge on any atom is -0.342 e. The third-order valence-electron chi connectivity index (χ3n) is 4.98. The highest BCUT2D eigenvalue weighted by Crippen LogP contribution is 2.52. The summed E-state index contributed by atoms with van der Waals surface area (Å²) in [6.45, 7) is 7.72. The maximum Gasteiger partial charge on any atom is 0.0908 e.